The molecule has 2 N–H and O–H groups in total. The maximum absolute atomic E-state index is 14.7. The van der Waals surface area contributed by atoms with Gasteiger partial charge in [-0.3, -0.25) is 14.5 Å². The number of fused-ring (bicyclic) bond motifs is 1. The second kappa shape index (κ2) is 8.23. The summed E-state index contributed by atoms with van der Waals surface area (Å²) in [7, 11) is 3.18. The second-order valence-electron chi connectivity index (χ2n) is 7.52. The molecule has 0 amide bonds. The highest BCUT2D eigenvalue weighted by atomic mass is 19.1. The first-order valence-corrected chi connectivity index (χ1v) is 9.83. The smallest absolute Gasteiger partial charge is 0.263 e. The molecule has 0 unspecified atom stereocenters. The fourth-order valence-corrected chi connectivity index (χ4v) is 3.83. The summed E-state index contributed by atoms with van der Waals surface area (Å²) >= 11 is 0. The number of hydrogen-bond acceptors (Lipinski definition) is 7. The summed E-state index contributed by atoms with van der Waals surface area (Å²) in [5.74, 6) is -1.38. The van der Waals surface area contributed by atoms with Crippen LogP contribution in [0.1, 0.15) is 18.4 Å². The lowest BCUT2D eigenvalue weighted by Crippen LogP contribution is -2.44. The Morgan fingerprint density at radius 1 is 1.23 bits per heavy atom. The molecule has 1 aliphatic heterocycles. The van der Waals surface area contributed by atoms with E-state index in [4.69, 9.17) is 9.47 Å². The number of anilines is 1. The molecule has 1 aliphatic rings. The molecule has 0 bridgehead atoms. The van der Waals surface area contributed by atoms with Gasteiger partial charge in [0.15, 0.2) is 5.65 Å². The molecule has 11 heteroatoms. The van der Waals surface area contributed by atoms with Crippen molar-refractivity contribution in [3.63, 3.8) is 0 Å². The number of ether oxygens (including phenoxy) is 2. The van der Waals surface area contributed by atoms with Crippen LogP contribution < -0.4 is 15.2 Å². The van der Waals surface area contributed by atoms with Crippen LogP contribution in [0, 0.1) is 11.6 Å². The predicted molar refractivity (Wildman–Crippen MR) is 108 cm³/mol. The molecule has 3 aromatic rings. The number of benzene rings is 1. The van der Waals surface area contributed by atoms with Crippen LogP contribution in [-0.2, 0) is 17.4 Å². The van der Waals surface area contributed by atoms with Crippen LogP contribution in [0.5, 0.6) is 5.75 Å². The number of nitrogens with zero attached hydrogens (tertiary/aromatic N) is 4. The first-order valence-electron chi connectivity index (χ1n) is 9.83. The molecule has 0 spiro atoms. The van der Waals surface area contributed by atoms with Crippen molar-refractivity contribution in [2.45, 2.75) is 18.4 Å². The Morgan fingerprint density at radius 3 is 2.55 bits per heavy atom. The third kappa shape index (κ3) is 3.98. The van der Waals surface area contributed by atoms with Gasteiger partial charge in [0.1, 0.15) is 29.4 Å². The van der Waals surface area contributed by atoms with Gasteiger partial charge >= 0.3 is 0 Å². The maximum Gasteiger partial charge on any atom is 0.263 e. The van der Waals surface area contributed by atoms with Gasteiger partial charge in [-0.2, -0.15) is 10.1 Å². The highest BCUT2D eigenvalue weighted by Crippen LogP contribution is 2.38. The lowest BCUT2D eigenvalue weighted by Gasteiger charge is -2.38. The van der Waals surface area contributed by atoms with Gasteiger partial charge in [0.2, 0.25) is 5.95 Å². The van der Waals surface area contributed by atoms with E-state index in [2.05, 4.69) is 15.1 Å². The molecular formula is C20H23F2N5O4. The van der Waals surface area contributed by atoms with Crippen molar-refractivity contribution in [1.29, 1.82) is 0 Å². The number of halogens is 2. The van der Waals surface area contributed by atoms with Crippen LogP contribution in [0.2, 0.25) is 0 Å². The number of hydrogen-bond donors (Lipinski definition) is 2. The van der Waals surface area contributed by atoms with Gasteiger partial charge in [0.25, 0.3) is 5.56 Å². The quantitative estimate of drug-likeness (QED) is 0.565. The number of methoxy groups -OCH3 is 1. The Bertz CT molecular complexity index is 1130. The third-order valence-electron chi connectivity index (χ3n) is 5.52. The summed E-state index contributed by atoms with van der Waals surface area (Å²) in [6.07, 6.45) is 1.55. The molecule has 0 radical (unpaired) electrons. The summed E-state index contributed by atoms with van der Waals surface area (Å²) in [5, 5.41) is 15.4. The largest absolute Gasteiger partial charge is 0.491 e. The highest BCUT2D eigenvalue weighted by Gasteiger charge is 2.39. The highest BCUT2D eigenvalue weighted by molar-refractivity contribution is 5.74. The molecule has 2 aromatic heterocycles. The topological polar surface area (TPSA) is 106 Å². The number of aryl methyl sites for hydroxylation is 1. The Hall–Kier alpha value is -3.05. The lowest BCUT2D eigenvalue weighted by molar-refractivity contribution is 0.00468. The van der Waals surface area contributed by atoms with E-state index in [0.29, 0.717) is 17.0 Å². The molecule has 4 rings (SSSR count). The Labute approximate surface area is 176 Å². The van der Waals surface area contributed by atoms with E-state index >= 15 is 0 Å². The first-order chi connectivity index (χ1) is 14.8. The van der Waals surface area contributed by atoms with Gasteiger partial charge in [0, 0.05) is 39.4 Å². The fraction of sp³-hybridized carbons (Fsp3) is 0.450. The molecule has 1 fully saturated rings. The summed E-state index contributed by atoms with van der Waals surface area (Å²) < 4.78 is 41.0. The standard InChI is InChI=1S/C20H23F2N5O4/c1-26-17-13(11-23-26)18(28)25-19(24-17)27-5-3-20(29,4-6-27)16-14(21)9-12(10-15(16)22)31-8-7-30-2/h9-11,29H,3-8H2,1-2H3,(H,24,25,28). The Balaban J connectivity index is 1.54. The van der Waals surface area contributed by atoms with Crippen LogP contribution in [0.15, 0.2) is 23.1 Å². The number of aliphatic hydroxyl groups is 1. The minimum absolute atomic E-state index is 0.0306. The summed E-state index contributed by atoms with van der Waals surface area (Å²) in [4.78, 5) is 21.2. The second-order valence-corrected chi connectivity index (χ2v) is 7.52. The van der Waals surface area contributed by atoms with Crippen LogP contribution in [0.3, 0.4) is 0 Å². The molecular weight excluding hydrogens is 412 g/mol. The van der Waals surface area contributed by atoms with Crippen LogP contribution in [0.25, 0.3) is 11.0 Å². The number of H-pyrrole nitrogens is 1. The molecule has 0 atom stereocenters. The molecule has 0 aliphatic carbocycles. The maximum atomic E-state index is 14.7. The van der Waals surface area contributed by atoms with E-state index < -0.39 is 17.2 Å². The molecule has 3 heterocycles. The zero-order chi connectivity index (χ0) is 22.2. The van der Waals surface area contributed by atoms with Gasteiger partial charge in [-0.15, -0.1) is 0 Å². The Morgan fingerprint density at radius 2 is 1.90 bits per heavy atom. The van der Waals surface area contributed by atoms with E-state index in [1.54, 1.807) is 11.9 Å². The van der Waals surface area contributed by atoms with Crippen LogP contribution in [-0.4, -0.2) is 58.3 Å². The average molecular weight is 435 g/mol. The SMILES string of the molecule is COCCOc1cc(F)c(C2(O)CCN(c3nc4c(cnn4C)c(=O)[nH]3)CC2)c(F)c1. The van der Waals surface area contributed by atoms with Crippen molar-refractivity contribution in [2.24, 2.45) is 7.05 Å². The van der Waals surface area contributed by atoms with E-state index in [0.717, 1.165) is 12.1 Å². The lowest BCUT2D eigenvalue weighted by atomic mass is 9.83. The van der Waals surface area contributed by atoms with Crippen molar-refractivity contribution in [2.75, 3.05) is 38.3 Å². The molecule has 0 saturated carbocycles. The van der Waals surface area contributed by atoms with Crippen LogP contribution in [0.4, 0.5) is 14.7 Å². The van der Waals surface area contributed by atoms with E-state index in [1.807, 2.05) is 0 Å². The van der Waals surface area contributed by atoms with Crippen LogP contribution >= 0.6 is 0 Å². The summed E-state index contributed by atoms with van der Waals surface area (Å²) in [5.41, 5.74) is -1.96. The van der Waals surface area contributed by atoms with Gasteiger partial charge in [-0.25, -0.2) is 8.78 Å². The summed E-state index contributed by atoms with van der Waals surface area (Å²) in [6, 6.07) is 2.13. The van der Waals surface area contributed by atoms with E-state index in [-0.39, 0.29) is 56.0 Å². The zero-order valence-electron chi connectivity index (χ0n) is 17.2. The molecule has 1 aromatic carbocycles. The van der Waals surface area contributed by atoms with E-state index in [1.165, 1.54) is 18.0 Å². The number of piperidine rings is 1. The number of rotatable bonds is 6. The van der Waals surface area contributed by atoms with Crippen molar-refractivity contribution in [3.8, 4) is 5.75 Å². The Kier molecular flexibility index (Phi) is 5.63. The average Bonchev–Trinajstić information content (AvgIpc) is 3.09. The fourth-order valence-electron chi connectivity index (χ4n) is 3.83. The van der Waals surface area contributed by atoms with Crippen molar-refractivity contribution >= 4 is 17.0 Å². The third-order valence-corrected chi connectivity index (χ3v) is 5.52. The summed E-state index contributed by atoms with van der Waals surface area (Å²) in [6.45, 7) is 0.924. The van der Waals surface area contributed by atoms with Gasteiger partial charge in [-0.1, -0.05) is 0 Å². The molecule has 1 saturated heterocycles. The normalized spacial score (nSPS) is 16.1. The van der Waals surface area contributed by atoms with Crippen molar-refractivity contribution in [1.82, 2.24) is 19.7 Å². The number of nitrogens with one attached hydrogen (secondary N) is 1. The number of aromatic amines is 1. The predicted octanol–water partition coefficient (Wildman–Crippen LogP) is 1.45. The zero-order valence-corrected chi connectivity index (χ0v) is 17.2. The minimum Gasteiger partial charge on any atom is -0.491 e. The molecule has 9 nitrogen and oxygen atoms in total. The first kappa shape index (κ1) is 21.2. The van der Waals surface area contributed by atoms with Gasteiger partial charge < -0.3 is 19.5 Å². The number of aromatic nitrogens is 4. The van der Waals surface area contributed by atoms with E-state index in [9.17, 15) is 18.7 Å². The van der Waals surface area contributed by atoms with Crippen molar-refractivity contribution in [3.05, 3.63) is 45.9 Å². The van der Waals surface area contributed by atoms with Crippen molar-refractivity contribution < 1.29 is 23.4 Å². The monoisotopic (exact) mass is 435 g/mol. The minimum atomic E-state index is -1.69. The molecule has 31 heavy (non-hydrogen) atoms. The van der Waals surface area contributed by atoms with Gasteiger partial charge in [-0.05, 0) is 12.8 Å². The molecule has 166 valence electrons. The van der Waals surface area contributed by atoms with Gasteiger partial charge in [0.05, 0.1) is 24.0 Å².